The Morgan fingerprint density at radius 2 is 1.83 bits per heavy atom. The number of nitrogens with zero attached hydrogens (tertiary/aromatic N) is 1. The number of rotatable bonds is 2. The highest BCUT2D eigenvalue weighted by atomic mass is 16.3. The Balaban J connectivity index is 2.45. The van der Waals surface area contributed by atoms with Crippen LogP contribution in [0.15, 0.2) is 0 Å². The van der Waals surface area contributed by atoms with E-state index in [1.807, 2.05) is 6.92 Å². The lowest BCUT2D eigenvalue weighted by molar-refractivity contribution is 0.0489. The predicted octanol–water partition coefficient (Wildman–Crippen LogP) is 1.63. The highest BCUT2D eigenvalue weighted by Gasteiger charge is 2.24. The van der Waals surface area contributed by atoms with E-state index < -0.39 is 0 Å². The molecule has 1 saturated heterocycles. The van der Waals surface area contributed by atoms with Crippen LogP contribution in [0.1, 0.15) is 40.0 Å². The fraction of sp³-hybridized carbons (Fsp3) is 1.00. The maximum Gasteiger partial charge on any atom is 0.0639 e. The Bertz CT molecular complexity index is 126. The van der Waals surface area contributed by atoms with Gasteiger partial charge in [-0.1, -0.05) is 6.42 Å². The fourth-order valence-corrected chi connectivity index (χ4v) is 2.14. The summed E-state index contributed by atoms with van der Waals surface area (Å²) in [5.41, 5.74) is 0. The first-order valence-electron chi connectivity index (χ1n) is 5.05. The Labute approximate surface area is 75.6 Å². The highest BCUT2D eigenvalue weighted by Crippen LogP contribution is 2.22. The Morgan fingerprint density at radius 1 is 1.33 bits per heavy atom. The first-order valence-corrected chi connectivity index (χ1v) is 5.05. The number of β-amino-alcohol motifs (C(OH)–C–C–N with tert-alkyl or cyclic N) is 1. The Kier molecular flexibility index (Phi) is 3.53. The molecule has 0 aromatic carbocycles. The van der Waals surface area contributed by atoms with Gasteiger partial charge in [0.25, 0.3) is 0 Å². The molecule has 3 atom stereocenters. The third-order valence-electron chi connectivity index (χ3n) is 2.85. The van der Waals surface area contributed by atoms with E-state index in [1.54, 1.807) is 0 Å². The summed E-state index contributed by atoms with van der Waals surface area (Å²) < 4.78 is 0. The molecule has 0 spiro atoms. The lowest BCUT2D eigenvalue weighted by atomic mass is 9.97. The Hall–Kier alpha value is -0.0800. The SMILES string of the molecule is C[C@@H]1CCC[C@H](C)N1C[C@@H](C)O. The normalized spacial score (nSPS) is 35.0. The largest absolute Gasteiger partial charge is 0.392 e. The molecule has 72 valence electrons. The van der Waals surface area contributed by atoms with E-state index in [4.69, 9.17) is 0 Å². The molecule has 12 heavy (non-hydrogen) atoms. The van der Waals surface area contributed by atoms with Crippen LogP contribution in [0.3, 0.4) is 0 Å². The van der Waals surface area contributed by atoms with Gasteiger partial charge < -0.3 is 5.11 Å². The van der Waals surface area contributed by atoms with Crippen LogP contribution in [-0.2, 0) is 0 Å². The molecule has 0 bridgehead atoms. The van der Waals surface area contributed by atoms with Crippen molar-refractivity contribution >= 4 is 0 Å². The number of hydrogen-bond acceptors (Lipinski definition) is 2. The smallest absolute Gasteiger partial charge is 0.0639 e. The molecule has 0 aromatic heterocycles. The van der Waals surface area contributed by atoms with Gasteiger partial charge in [-0.05, 0) is 33.6 Å². The van der Waals surface area contributed by atoms with Crippen LogP contribution in [0.4, 0.5) is 0 Å². The van der Waals surface area contributed by atoms with Gasteiger partial charge in [-0.25, -0.2) is 0 Å². The zero-order valence-electron chi connectivity index (χ0n) is 8.45. The van der Waals surface area contributed by atoms with E-state index in [-0.39, 0.29) is 6.10 Å². The highest BCUT2D eigenvalue weighted by molar-refractivity contribution is 4.80. The van der Waals surface area contributed by atoms with E-state index in [9.17, 15) is 5.11 Å². The summed E-state index contributed by atoms with van der Waals surface area (Å²) in [6.45, 7) is 7.23. The zero-order valence-corrected chi connectivity index (χ0v) is 8.45. The van der Waals surface area contributed by atoms with Gasteiger partial charge in [0.1, 0.15) is 0 Å². The van der Waals surface area contributed by atoms with Crippen LogP contribution in [0.2, 0.25) is 0 Å². The topological polar surface area (TPSA) is 23.5 Å². The fourth-order valence-electron chi connectivity index (χ4n) is 2.14. The molecule has 2 nitrogen and oxygen atoms in total. The molecule has 0 aliphatic carbocycles. The van der Waals surface area contributed by atoms with Crippen molar-refractivity contribution in [2.45, 2.75) is 58.2 Å². The second-order valence-electron chi connectivity index (χ2n) is 4.17. The van der Waals surface area contributed by atoms with Crippen LogP contribution in [-0.4, -0.2) is 34.7 Å². The zero-order chi connectivity index (χ0) is 9.14. The standard InChI is InChI=1S/C10H21NO/c1-8-5-4-6-9(2)11(8)7-10(3)12/h8-10,12H,4-7H2,1-3H3/t8-,9+,10-/m1/s1. The average Bonchev–Trinajstić information content (AvgIpc) is 1.97. The van der Waals surface area contributed by atoms with Crippen molar-refractivity contribution in [2.75, 3.05) is 6.54 Å². The first kappa shape index (κ1) is 10.0. The van der Waals surface area contributed by atoms with Crippen molar-refractivity contribution in [1.29, 1.82) is 0 Å². The molecule has 1 fully saturated rings. The van der Waals surface area contributed by atoms with Crippen LogP contribution >= 0.6 is 0 Å². The number of aliphatic hydroxyl groups is 1. The van der Waals surface area contributed by atoms with Crippen LogP contribution < -0.4 is 0 Å². The van der Waals surface area contributed by atoms with Gasteiger partial charge in [0.05, 0.1) is 6.10 Å². The second kappa shape index (κ2) is 4.24. The van der Waals surface area contributed by atoms with Gasteiger partial charge in [-0.15, -0.1) is 0 Å². The van der Waals surface area contributed by atoms with Crippen LogP contribution in [0.25, 0.3) is 0 Å². The summed E-state index contributed by atoms with van der Waals surface area (Å²) in [6, 6.07) is 1.31. The van der Waals surface area contributed by atoms with Crippen molar-refractivity contribution in [2.24, 2.45) is 0 Å². The van der Waals surface area contributed by atoms with Crippen molar-refractivity contribution in [3.8, 4) is 0 Å². The summed E-state index contributed by atoms with van der Waals surface area (Å²) in [5.74, 6) is 0. The lowest BCUT2D eigenvalue weighted by Gasteiger charge is -2.39. The van der Waals surface area contributed by atoms with Crippen molar-refractivity contribution in [1.82, 2.24) is 4.90 Å². The monoisotopic (exact) mass is 171 g/mol. The third-order valence-corrected chi connectivity index (χ3v) is 2.85. The van der Waals surface area contributed by atoms with Gasteiger partial charge >= 0.3 is 0 Å². The maximum absolute atomic E-state index is 9.30. The van der Waals surface area contributed by atoms with Gasteiger partial charge in [-0.2, -0.15) is 0 Å². The minimum Gasteiger partial charge on any atom is -0.392 e. The van der Waals surface area contributed by atoms with E-state index in [1.165, 1.54) is 19.3 Å². The quantitative estimate of drug-likeness (QED) is 0.682. The van der Waals surface area contributed by atoms with E-state index in [0.717, 1.165) is 6.54 Å². The lowest BCUT2D eigenvalue weighted by Crippen LogP contribution is -2.46. The van der Waals surface area contributed by atoms with Crippen molar-refractivity contribution < 1.29 is 5.11 Å². The minimum atomic E-state index is -0.187. The van der Waals surface area contributed by atoms with E-state index in [2.05, 4.69) is 18.7 Å². The van der Waals surface area contributed by atoms with Gasteiger partial charge in [0.2, 0.25) is 0 Å². The Morgan fingerprint density at radius 3 is 2.25 bits per heavy atom. The molecular weight excluding hydrogens is 150 g/mol. The molecule has 1 rings (SSSR count). The molecule has 1 aliphatic rings. The number of likely N-dealkylation sites (tertiary alicyclic amines) is 1. The number of aliphatic hydroxyl groups excluding tert-OH is 1. The summed E-state index contributed by atoms with van der Waals surface area (Å²) >= 11 is 0. The molecule has 1 N–H and O–H groups in total. The van der Waals surface area contributed by atoms with Gasteiger partial charge in [0, 0.05) is 18.6 Å². The maximum atomic E-state index is 9.30. The minimum absolute atomic E-state index is 0.187. The molecule has 1 aliphatic heterocycles. The summed E-state index contributed by atoms with van der Waals surface area (Å²) in [4.78, 5) is 2.42. The average molecular weight is 171 g/mol. The molecule has 0 saturated carbocycles. The molecule has 1 heterocycles. The third kappa shape index (κ3) is 2.46. The summed E-state index contributed by atoms with van der Waals surface area (Å²) in [7, 11) is 0. The van der Waals surface area contributed by atoms with E-state index >= 15 is 0 Å². The molecule has 0 unspecified atom stereocenters. The van der Waals surface area contributed by atoms with Crippen LogP contribution in [0.5, 0.6) is 0 Å². The summed E-state index contributed by atoms with van der Waals surface area (Å²) in [5, 5.41) is 9.30. The van der Waals surface area contributed by atoms with Crippen molar-refractivity contribution in [3.05, 3.63) is 0 Å². The van der Waals surface area contributed by atoms with Crippen molar-refractivity contribution in [3.63, 3.8) is 0 Å². The molecule has 0 aromatic rings. The summed E-state index contributed by atoms with van der Waals surface area (Å²) in [6.07, 6.45) is 3.74. The molecule has 0 radical (unpaired) electrons. The van der Waals surface area contributed by atoms with E-state index in [0.29, 0.717) is 12.1 Å². The number of hydrogen-bond donors (Lipinski definition) is 1. The van der Waals surface area contributed by atoms with Crippen LogP contribution in [0, 0.1) is 0 Å². The van der Waals surface area contributed by atoms with Gasteiger partial charge in [0.15, 0.2) is 0 Å². The van der Waals surface area contributed by atoms with Gasteiger partial charge in [-0.3, -0.25) is 4.90 Å². The first-order chi connectivity index (χ1) is 5.61. The molecule has 0 amide bonds. The molecular formula is C10H21NO. The second-order valence-corrected chi connectivity index (χ2v) is 4.17. The predicted molar refractivity (Wildman–Crippen MR) is 51.2 cm³/mol. The molecule has 2 heteroatoms. The number of piperidine rings is 1.